The van der Waals surface area contributed by atoms with Crippen molar-refractivity contribution in [3.8, 4) is 11.5 Å². The van der Waals surface area contributed by atoms with Crippen LogP contribution in [0.5, 0.6) is 11.5 Å². The molecule has 0 unspecified atom stereocenters. The average molecular weight is 385 g/mol. The van der Waals surface area contributed by atoms with Crippen molar-refractivity contribution in [3.63, 3.8) is 0 Å². The van der Waals surface area contributed by atoms with Gasteiger partial charge in [0.2, 0.25) is 0 Å². The molecule has 1 N–H and O–H groups in total. The van der Waals surface area contributed by atoms with Gasteiger partial charge in [0.1, 0.15) is 16.4 Å². The fourth-order valence-corrected chi connectivity index (χ4v) is 3.88. The Morgan fingerprint density at radius 2 is 1.46 bits per heavy atom. The number of fused-ring (bicyclic) bond motifs is 1. The highest BCUT2D eigenvalue weighted by molar-refractivity contribution is 7.90. The van der Waals surface area contributed by atoms with Gasteiger partial charge < -0.3 is 10.1 Å². The van der Waals surface area contributed by atoms with Crippen LogP contribution in [0.2, 0.25) is 5.02 Å². The van der Waals surface area contributed by atoms with Crippen molar-refractivity contribution in [3.05, 3.63) is 83.4 Å². The van der Waals surface area contributed by atoms with E-state index in [1.165, 1.54) is 0 Å². The van der Waals surface area contributed by atoms with Crippen LogP contribution < -0.4 is 10.1 Å². The van der Waals surface area contributed by atoms with E-state index in [1.54, 1.807) is 72.8 Å². The summed E-state index contributed by atoms with van der Waals surface area (Å²) in [6, 6.07) is 21.0. The summed E-state index contributed by atoms with van der Waals surface area (Å²) in [6.07, 6.45) is 0. The molecule has 0 aliphatic carbocycles. The molecule has 7 heteroatoms. The second-order valence-corrected chi connectivity index (χ2v) is 7.63. The third-order valence-electron chi connectivity index (χ3n) is 3.80. The molecule has 0 amide bonds. The number of hydrogen-bond donors (Lipinski definition) is 1. The first-order valence-electron chi connectivity index (χ1n) is 7.76. The molecule has 0 spiro atoms. The molecule has 26 heavy (non-hydrogen) atoms. The maximum Gasteiger partial charge on any atom is 0.285 e. The Bertz CT molecular complexity index is 1090. The number of anilines is 1. The molecule has 0 fully saturated rings. The quantitative estimate of drug-likeness (QED) is 0.711. The van der Waals surface area contributed by atoms with Crippen molar-refractivity contribution in [1.82, 2.24) is 0 Å². The molecule has 0 saturated heterocycles. The molecular formula is C19H13ClN2O3S. The van der Waals surface area contributed by atoms with E-state index in [4.69, 9.17) is 16.3 Å². The molecule has 1 heterocycles. The summed E-state index contributed by atoms with van der Waals surface area (Å²) in [6.45, 7) is 0. The lowest BCUT2D eigenvalue weighted by molar-refractivity contribution is 0.483. The van der Waals surface area contributed by atoms with Crippen molar-refractivity contribution >= 4 is 33.1 Å². The van der Waals surface area contributed by atoms with Gasteiger partial charge in [0.25, 0.3) is 10.0 Å². The number of halogens is 1. The average Bonchev–Trinajstić information content (AvgIpc) is 2.89. The summed E-state index contributed by atoms with van der Waals surface area (Å²) >= 11 is 5.85. The number of nitrogens with one attached hydrogen (secondary N) is 1. The molecule has 0 saturated carbocycles. The van der Waals surface area contributed by atoms with Crippen LogP contribution in [-0.4, -0.2) is 14.3 Å². The van der Waals surface area contributed by atoms with Gasteiger partial charge in [-0.3, -0.25) is 0 Å². The predicted octanol–water partition coefficient (Wildman–Crippen LogP) is 4.69. The first-order chi connectivity index (χ1) is 12.5. The zero-order valence-corrected chi connectivity index (χ0v) is 15.0. The zero-order chi connectivity index (χ0) is 18.1. The Labute approximate surface area is 156 Å². The number of sulfonamides is 1. The fraction of sp³-hybridized carbons (Fsp3) is 0. The van der Waals surface area contributed by atoms with Crippen LogP contribution >= 0.6 is 11.6 Å². The number of ether oxygens (including phenoxy) is 1. The highest BCUT2D eigenvalue weighted by Gasteiger charge is 2.28. The third kappa shape index (κ3) is 3.29. The monoisotopic (exact) mass is 384 g/mol. The number of benzene rings is 3. The fourth-order valence-electron chi connectivity index (χ4n) is 2.58. The minimum absolute atomic E-state index is 0.213. The van der Waals surface area contributed by atoms with E-state index in [-0.39, 0.29) is 4.90 Å². The molecule has 3 aromatic rings. The molecule has 0 atom stereocenters. The predicted molar refractivity (Wildman–Crippen MR) is 102 cm³/mol. The SMILES string of the molecule is O=S1(=O)N=C(Nc2ccc(Oc3ccc(Cl)cc3)cc2)c2ccccc21. The lowest BCUT2D eigenvalue weighted by atomic mass is 10.2. The molecule has 1 aliphatic heterocycles. The van der Waals surface area contributed by atoms with Crippen molar-refractivity contribution < 1.29 is 13.2 Å². The Morgan fingerprint density at radius 3 is 2.15 bits per heavy atom. The summed E-state index contributed by atoms with van der Waals surface area (Å²) in [5.41, 5.74) is 1.27. The molecule has 3 aromatic carbocycles. The highest BCUT2D eigenvalue weighted by Crippen LogP contribution is 2.28. The molecule has 0 radical (unpaired) electrons. The molecule has 130 valence electrons. The van der Waals surface area contributed by atoms with Gasteiger partial charge in [-0.05, 0) is 60.7 Å². The van der Waals surface area contributed by atoms with Gasteiger partial charge in [-0.1, -0.05) is 23.7 Å². The van der Waals surface area contributed by atoms with Gasteiger partial charge in [-0.25, -0.2) is 0 Å². The molecule has 4 rings (SSSR count). The minimum atomic E-state index is -3.64. The van der Waals surface area contributed by atoms with E-state index in [0.717, 1.165) is 0 Å². The summed E-state index contributed by atoms with van der Waals surface area (Å²) in [5, 5.41) is 3.69. The van der Waals surface area contributed by atoms with Crippen molar-refractivity contribution in [2.45, 2.75) is 4.90 Å². The molecule has 1 aliphatic rings. The van der Waals surface area contributed by atoms with Crippen LogP contribution in [-0.2, 0) is 10.0 Å². The van der Waals surface area contributed by atoms with E-state index < -0.39 is 10.0 Å². The third-order valence-corrected chi connectivity index (χ3v) is 5.38. The van der Waals surface area contributed by atoms with Gasteiger partial charge in [0, 0.05) is 16.3 Å². The van der Waals surface area contributed by atoms with Crippen LogP contribution in [0.4, 0.5) is 5.69 Å². The molecule has 0 bridgehead atoms. The summed E-state index contributed by atoms with van der Waals surface area (Å²) in [7, 11) is -3.64. The Balaban J connectivity index is 1.53. The molecule has 5 nitrogen and oxygen atoms in total. The maximum absolute atomic E-state index is 12.1. The number of rotatable bonds is 3. The molecule has 0 aromatic heterocycles. The van der Waals surface area contributed by atoms with Gasteiger partial charge in [-0.2, -0.15) is 8.42 Å². The smallest absolute Gasteiger partial charge is 0.285 e. The number of nitrogens with zero attached hydrogens (tertiary/aromatic N) is 1. The summed E-state index contributed by atoms with van der Waals surface area (Å²) in [4.78, 5) is 0.213. The normalized spacial score (nSPS) is 14.4. The number of amidine groups is 1. The van der Waals surface area contributed by atoms with Gasteiger partial charge >= 0.3 is 0 Å². The zero-order valence-electron chi connectivity index (χ0n) is 13.4. The number of hydrogen-bond acceptors (Lipinski definition) is 4. The minimum Gasteiger partial charge on any atom is -0.457 e. The van der Waals surface area contributed by atoms with Crippen LogP contribution in [0.15, 0.2) is 82.1 Å². The topological polar surface area (TPSA) is 67.8 Å². The van der Waals surface area contributed by atoms with Crippen LogP contribution in [0.1, 0.15) is 5.56 Å². The van der Waals surface area contributed by atoms with Gasteiger partial charge in [0.15, 0.2) is 5.84 Å². The van der Waals surface area contributed by atoms with Crippen molar-refractivity contribution in [1.29, 1.82) is 0 Å². The van der Waals surface area contributed by atoms with E-state index in [1.807, 2.05) is 0 Å². The van der Waals surface area contributed by atoms with E-state index in [0.29, 0.717) is 33.6 Å². The Kier molecular flexibility index (Phi) is 4.14. The molecular weight excluding hydrogens is 372 g/mol. The largest absolute Gasteiger partial charge is 0.457 e. The lowest BCUT2D eigenvalue weighted by Crippen LogP contribution is -2.11. The first-order valence-corrected chi connectivity index (χ1v) is 9.58. The first kappa shape index (κ1) is 16.6. The lowest BCUT2D eigenvalue weighted by Gasteiger charge is -2.09. The summed E-state index contributed by atoms with van der Waals surface area (Å²) < 4.78 is 33.7. The van der Waals surface area contributed by atoms with Crippen molar-refractivity contribution in [2.24, 2.45) is 4.40 Å². The Morgan fingerprint density at radius 1 is 0.846 bits per heavy atom. The van der Waals surface area contributed by atoms with Crippen LogP contribution in [0.3, 0.4) is 0 Å². The second-order valence-electron chi connectivity index (χ2n) is 5.62. The van der Waals surface area contributed by atoms with E-state index >= 15 is 0 Å². The standard InChI is InChI=1S/C19H13ClN2O3S/c20-13-5-9-15(10-6-13)25-16-11-7-14(8-12-16)21-19-17-3-1-2-4-18(17)26(23,24)22-19/h1-12H,(H,21,22). The van der Waals surface area contributed by atoms with E-state index in [9.17, 15) is 8.42 Å². The van der Waals surface area contributed by atoms with Gasteiger partial charge in [-0.15, -0.1) is 4.40 Å². The Hall–Kier alpha value is -2.83. The maximum atomic E-state index is 12.1. The van der Waals surface area contributed by atoms with Gasteiger partial charge in [0.05, 0.1) is 0 Å². The van der Waals surface area contributed by atoms with E-state index in [2.05, 4.69) is 9.71 Å². The highest BCUT2D eigenvalue weighted by atomic mass is 35.5. The summed E-state index contributed by atoms with van der Waals surface area (Å²) in [5.74, 6) is 1.64. The van der Waals surface area contributed by atoms with Crippen molar-refractivity contribution in [2.75, 3.05) is 5.32 Å². The van der Waals surface area contributed by atoms with Crippen LogP contribution in [0, 0.1) is 0 Å². The second kappa shape index (κ2) is 6.48. The van der Waals surface area contributed by atoms with Crippen LogP contribution in [0.25, 0.3) is 0 Å².